The van der Waals surface area contributed by atoms with Crippen molar-refractivity contribution in [3.63, 3.8) is 0 Å². The normalized spacial score (nSPS) is 11.2. The van der Waals surface area contributed by atoms with Gasteiger partial charge >= 0.3 is 0 Å². The first kappa shape index (κ1) is 13.7. The molecule has 2 rings (SSSR count). The number of hydrogen-bond donors (Lipinski definition) is 2. The standard InChI is InChI=1S/C13H15N5O2/c1-8(10-6-4-5-7-11(10)20-3)15-17-13-14-12(19)9(2)16-18-13/h4-7H,1-3H3,(H2,14,17,18,19)/b15-8+. The van der Waals surface area contributed by atoms with Crippen molar-refractivity contribution in [2.45, 2.75) is 13.8 Å². The third kappa shape index (κ3) is 3.00. The van der Waals surface area contributed by atoms with E-state index in [9.17, 15) is 4.79 Å². The van der Waals surface area contributed by atoms with Gasteiger partial charge in [-0.05, 0) is 26.0 Å². The molecule has 0 fully saturated rings. The highest BCUT2D eigenvalue weighted by Gasteiger charge is 2.05. The van der Waals surface area contributed by atoms with Crippen molar-refractivity contribution in [2.75, 3.05) is 12.5 Å². The maximum atomic E-state index is 11.4. The van der Waals surface area contributed by atoms with Gasteiger partial charge in [-0.1, -0.05) is 12.1 Å². The smallest absolute Gasteiger partial charge is 0.274 e. The average molecular weight is 273 g/mol. The highest BCUT2D eigenvalue weighted by atomic mass is 16.5. The lowest BCUT2D eigenvalue weighted by Crippen LogP contribution is -2.16. The van der Waals surface area contributed by atoms with E-state index in [0.717, 1.165) is 11.3 Å². The van der Waals surface area contributed by atoms with Gasteiger partial charge in [0.05, 0.1) is 12.8 Å². The van der Waals surface area contributed by atoms with Crippen LogP contribution in [-0.2, 0) is 0 Å². The molecular weight excluding hydrogens is 258 g/mol. The quantitative estimate of drug-likeness (QED) is 0.647. The first-order valence-electron chi connectivity index (χ1n) is 5.99. The van der Waals surface area contributed by atoms with Gasteiger partial charge in [-0.2, -0.15) is 5.10 Å². The van der Waals surface area contributed by atoms with Crippen LogP contribution in [0.2, 0.25) is 0 Å². The van der Waals surface area contributed by atoms with Gasteiger partial charge in [0.1, 0.15) is 11.4 Å². The average Bonchev–Trinajstić information content (AvgIpc) is 2.48. The summed E-state index contributed by atoms with van der Waals surface area (Å²) >= 11 is 0. The van der Waals surface area contributed by atoms with Crippen LogP contribution in [0.3, 0.4) is 0 Å². The van der Waals surface area contributed by atoms with E-state index in [4.69, 9.17) is 4.74 Å². The molecule has 2 aromatic rings. The third-order valence-corrected chi connectivity index (χ3v) is 2.69. The van der Waals surface area contributed by atoms with E-state index in [0.29, 0.717) is 11.4 Å². The molecule has 0 atom stereocenters. The Hall–Kier alpha value is -2.70. The summed E-state index contributed by atoms with van der Waals surface area (Å²) in [5.41, 5.74) is 4.22. The van der Waals surface area contributed by atoms with Crippen LogP contribution in [0.5, 0.6) is 5.75 Å². The maximum Gasteiger partial charge on any atom is 0.274 e. The van der Waals surface area contributed by atoms with Crippen molar-refractivity contribution in [2.24, 2.45) is 5.10 Å². The molecule has 0 aliphatic rings. The molecule has 1 aromatic carbocycles. The summed E-state index contributed by atoms with van der Waals surface area (Å²) < 4.78 is 5.26. The summed E-state index contributed by atoms with van der Waals surface area (Å²) in [6.45, 7) is 3.41. The fourth-order valence-electron chi connectivity index (χ4n) is 1.58. The van der Waals surface area contributed by atoms with E-state index in [2.05, 4.69) is 25.7 Å². The second-order valence-electron chi connectivity index (χ2n) is 4.10. The zero-order valence-corrected chi connectivity index (χ0v) is 11.5. The molecule has 20 heavy (non-hydrogen) atoms. The number of hydrogen-bond acceptors (Lipinski definition) is 6. The second-order valence-corrected chi connectivity index (χ2v) is 4.10. The number of hydrazone groups is 1. The Morgan fingerprint density at radius 3 is 2.80 bits per heavy atom. The Bertz CT molecular complexity index is 693. The van der Waals surface area contributed by atoms with Crippen molar-refractivity contribution >= 4 is 11.7 Å². The Morgan fingerprint density at radius 2 is 2.10 bits per heavy atom. The van der Waals surface area contributed by atoms with Gasteiger partial charge < -0.3 is 4.74 Å². The number of benzene rings is 1. The zero-order chi connectivity index (χ0) is 14.5. The van der Waals surface area contributed by atoms with E-state index in [1.807, 2.05) is 31.2 Å². The minimum absolute atomic E-state index is 0.190. The fraction of sp³-hybridized carbons (Fsp3) is 0.231. The second kappa shape index (κ2) is 5.96. The lowest BCUT2D eigenvalue weighted by atomic mass is 10.1. The van der Waals surface area contributed by atoms with Crippen molar-refractivity contribution in [3.8, 4) is 5.75 Å². The number of H-pyrrole nitrogens is 1. The molecule has 2 N–H and O–H groups in total. The Labute approximate surface area is 115 Å². The number of para-hydroxylation sites is 1. The fourth-order valence-corrected chi connectivity index (χ4v) is 1.58. The van der Waals surface area contributed by atoms with Gasteiger partial charge in [0.2, 0.25) is 5.95 Å². The minimum Gasteiger partial charge on any atom is -0.496 e. The molecule has 0 amide bonds. The number of aromatic amines is 1. The number of nitrogens with zero attached hydrogens (tertiary/aromatic N) is 3. The van der Waals surface area contributed by atoms with Gasteiger partial charge in [0, 0.05) is 5.56 Å². The van der Waals surface area contributed by atoms with E-state index < -0.39 is 0 Å². The molecule has 0 saturated carbocycles. The van der Waals surface area contributed by atoms with Crippen molar-refractivity contribution in [3.05, 3.63) is 45.9 Å². The monoisotopic (exact) mass is 273 g/mol. The summed E-state index contributed by atoms with van der Waals surface area (Å²) in [5.74, 6) is 0.911. The van der Waals surface area contributed by atoms with Crippen LogP contribution in [0.15, 0.2) is 34.2 Å². The van der Waals surface area contributed by atoms with Gasteiger partial charge in [0.15, 0.2) is 0 Å². The van der Waals surface area contributed by atoms with Crippen molar-refractivity contribution in [1.82, 2.24) is 15.2 Å². The number of aromatic nitrogens is 3. The molecular formula is C13H15N5O2. The number of ether oxygens (including phenoxy) is 1. The number of nitrogens with one attached hydrogen (secondary N) is 2. The first-order valence-corrected chi connectivity index (χ1v) is 5.99. The number of methoxy groups -OCH3 is 1. The van der Waals surface area contributed by atoms with Crippen LogP contribution in [-0.4, -0.2) is 28.0 Å². The van der Waals surface area contributed by atoms with Crippen LogP contribution in [0.4, 0.5) is 5.95 Å². The minimum atomic E-state index is -0.298. The molecule has 0 bridgehead atoms. The Balaban J connectivity index is 2.22. The zero-order valence-electron chi connectivity index (χ0n) is 11.5. The number of aryl methyl sites for hydroxylation is 1. The van der Waals surface area contributed by atoms with E-state index >= 15 is 0 Å². The first-order chi connectivity index (χ1) is 9.61. The van der Waals surface area contributed by atoms with Crippen LogP contribution < -0.4 is 15.7 Å². The van der Waals surface area contributed by atoms with Crippen molar-refractivity contribution in [1.29, 1.82) is 0 Å². The topological polar surface area (TPSA) is 92.3 Å². The summed E-state index contributed by atoms with van der Waals surface area (Å²) in [6.07, 6.45) is 0. The van der Waals surface area contributed by atoms with Crippen LogP contribution in [0.25, 0.3) is 0 Å². The highest BCUT2D eigenvalue weighted by Crippen LogP contribution is 2.18. The lowest BCUT2D eigenvalue weighted by Gasteiger charge is -2.07. The molecule has 0 spiro atoms. The lowest BCUT2D eigenvalue weighted by molar-refractivity contribution is 0.414. The van der Waals surface area contributed by atoms with Gasteiger partial charge in [0.25, 0.3) is 5.56 Å². The summed E-state index contributed by atoms with van der Waals surface area (Å²) in [6, 6.07) is 7.52. The van der Waals surface area contributed by atoms with Crippen LogP contribution in [0, 0.1) is 6.92 Å². The van der Waals surface area contributed by atoms with Crippen molar-refractivity contribution < 1.29 is 4.74 Å². The Morgan fingerprint density at radius 1 is 1.35 bits per heavy atom. The van der Waals surface area contributed by atoms with E-state index in [1.54, 1.807) is 14.0 Å². The molecule has 104 valence electrons. The van der Waals surface area contributed by atoms with E-state index in [-0.39, 0.29) is 11.5 Å². The molecule has 0 radical (unpaired) electrons. The number of anilines is 1. The number of rotatable bonds is 4. The molecule has 0 unspecified atom stereocenters. The Kier molecular flexibility index (Phi) is 4.09. The highest BCUT2D eigenvalue weighted by molar-refractivity contribution is 6.01. The molecule has 7 nitrogen and oxygen atoms in total. The van der Waals surface area contributed by atoms with Gasteiger partial charge in [-0.15, -0.1) is 10.2 Å². The SMILES string of the molecule is COc1ccccc1/C(C)=N/Nc1nnc(C)c(=O)[nH]1. The molecule has 1 aromatic heterocycles. The van der Waals surface area contributed by atoms with E-state index in [1.165, 1.54) is 0 Å². The summed E-state index contributed by atoms with van der Waals surface area (Å²) in [4.78, 5) is 13.9. The summed E-state index contributed by atoms with van der Waals surface area (Å²) in [7, 11) is 1.60. The predicted molar refractivity (Wildman–Crippen MR) is 76.2 cm³/mol. The van der Waals surface area contributed by atoms with Gasteiger partial charge in [-0.3, -0.25) is 9.78 Å². The molecule has 7 heteroatoms. The third-order valence-electron chi connectivity index (χ3n) is 2.69. The molecule has 0 aliphatic heterocycles. The molecule has 0 aliphatic carbocycles. The molecule has 0 saturated heterocycles. The van der Waals surface area contributed by atoms with Crippen LogP contribution >= 0.6 is 0 Å². The van der Waals surface area contributed by atoms with Crippen LogP contribution in [0.1, 0.15) is 18.2 Å². The largest absolute Gasteiger partial charge is 0.496 e. The summed E-state index contributed by atoms with van der Waals surface area (Å²) in [5, 5.41) is 11.7. The van der Waals surface area contributed by atoms with Gasteiger partial charge in [-0.25, -0.2) is 5.43 Å². The predicted octanol–water partition coefficient (Wildman–Crippen LogP) is 1.32. The maximum absolute atomic E-state index is 11.4. The molecule has 1 heterocycles.